The molecule has 1 aromatic rings. The predicted octanol–water partition coefficient (Wildman–Crippen LogP) is 1.47. The van der Waals surface area contributed by atoms with Crippen LogP contribution >= 0.6 is 0 Å². The molecule has 0 spiro atoms. The molecule has 0 aliphatic heterocycles. The van der Waals surface area contributed by atoms with Gasteiger partial charge in [-0.3, -0.25) is 0 Å². The smallest absolute Gasteiger partial charge is 0.122 e. The standard InChI is InChI=1S/C10H19N3/c1-8(2)4-5-9-7-13(3)10(6-11)12-9/h7-8H,4-6,11H2,1-3H3. The zero-order valence-electron chi connectivity index (χ0n) is 8.75. The molecule has 3 nitrogen and oxygen atoms in total. The van der Waals surface area contributed by atoms with Crippen molar-refractivity contribution < 1.29 is 0 Å². The van der Waals surface area contributed by atoms with Crippen molar-refractivity contribution in [2.24, 2.45) is 18.7 Å². The van der Waals surface area contributed by atoms with Crippen LogP contribution in [0, 0.1) is 5.92 Å². The van der Waals surface area contributed by atoms with Gasteiger partial charge in [-0.15, -0.1) is 0 Å². The maximum atomic E-state index is 5.54. The molecular weight excluding hydrogens is 162 g/mol. The summed E-state index contributed by atoms with van der Waals surface area (Å²) in [5.74, 6) is 1.71. The topological polar surface area (TPSA) is 43.8 Å². The minimum atomic E-state index is 0.526. The molecule has 0 amide bonds. The lowest BCUT2D eigenvalue weighted by atomic mass is 10.1. The predicted molar refractivity (Wildman–Crippen MR) is 54.3 cm³/mol. The number of hydrogen-bond acceptors (Lipinski definition) is 2. The van der Waals surface area contributed by atoms with E-state index >= 15 is 0 Å². The van der Waals surface area contributed by atoms with Crippen LogP contribution in [0.5, 0.6) is 0 Å². The van der Waals surface area contributed by atoms with Gasteiger partial charge in [-0.1, -0.05) is 13.8 Å². The fraction of sp³-hybridized carbons (Fsp3) is 0.700. The molecule has 0 atom stereocenters. The number of imidazole rings is 1. The number of rotatable bonds is 4. The molecular formula is C10H19N3. The highest BCUT2D eigenvalue weighted by Crippen LogP contribution is 2.08. The van der Waals surface area contributed by atoms with Crippen LogP contribution in [0.4, 0.5) is 0 Å². The first-order valence-corrected chi connectivity index (χ1v) is 4.84. The van der Waals surface area contributed by atoms with Crippen molar-refractivity contribution in [3.05, 3.63) is 17.7 Å². The summed E-state index contributed by atoms with van der Waals surface area (Å²) in [6, 6.07) is 0. The van der Waals surface area contributed by atoms with Gasteiger partial charge in [0.25, 0.3) is 0 Å². The van der Waals surface area contributed by atoms with Gasteiger partial charge in [-0.25, -0.2) is 4.98 Å². The Labute approximate surface area is 80.0 Å². The lowest BCUT2D eigenvalue weighted by Crippen LogP contribution is -2.03. The van der Waals surface area contributed by atoms with Crippen LogP contribution in [0.15, 0.2) is 6.20 Å². The number of nitrogens with zero attached hydrogens (tertiary/aromatic N) is 2. The summed E-state index contributed by atoms with van der Waals surface area (Å²) in [7, 11) is 1.99. The zero-order valence-corrected chi connectivity index (χ0v) is 8.75. The fourth-order valence-corrected chi connectivity index (χ4v) is 1.32. The Hall–Kier alpha value is -0.830. The van der Waals surface area contributed by atoms with E-state index in [1.165, 1.54) is 6.42 Å². The lowest BCUT2D eigenvalue weighted by Gasteiger charge is -2.00. The van der Waals surface area contributed by atoms with E-state index in [1.54, 1.807) is 0 Å². The van der Waals surface area contributed by atoms with Gasteiger partial charge in [0, 0.05) is 13.2 Å². The van der Waals surface area contributed by atoms with Crippen LogP contribution in [0.1, 0.15) is 31.8 Å². The molecule has 0 aliphatic carbocycles. The van der Waals surface area contributed by atoms with E-state index in [0.29, 0.717) is 6.54 Å². The highest BCUT2D eigenvalue weighted by Gasteiger charge is 2.03. The van der Waals surface area contributed by atoms with Crippen LogP contribution in [0.3, 0.4) is 0 Å². The van der Waals surface area contributed by atoms with E-state index in [-0.39, 0.29) is 0 Å². The van der Waals surface area contributed by atoms with Gasteiger partial charge in [0.15, 0.2) is 0 Å². The number of aryl methyl sites for hydroxylation is 2. The van der Waals surface area contributed by atoms with E-state index in [9.17, 15) is 0 Å². The summed E-state index contributed by atoms with van der Waals surface area (Å²) < 4.78 is 2.01. The molecule has 74 valence electrons. The van der Waals surface area contributed by atoms with Gasteiger partial charge in [0.2, 0.25) is 0 Å². The molecule has 0 aliphatic rings. The second-order valence-corrected chi connectivity index (χ2v) is 3.90. The fourth-order valence-electron chi connectivity index (χ4n) is 1.32. The van der Waals surface area contributed by atoms with Crippen LogP contribution in [-0.4, -0.2) is 9.55 Å². The van der Waals surface area contributed by atoms with E-state index in [2.05, 4.69) is 25.0 Å². The first-order chi connectivity index (χ1) is 6.13. The third kappa shape index (κ3) is 2.84. The van der Waals surface area contributed by atoms with Crippen molar-refractivity contribution in [1.82, 2.24) is 9.55 Å². The van der Waals surface area contributed by atoms with E-state index < -0.39 is 0 Å². The molecule has 0 aromatic carbocycles. The molecule has 1 heterocycles. The van der Waals surface area contributed by atoms with Gasteiger partial charge >= 0.3 is 0 Å². The Balaban J connectivity index is 2.57. The maximum Gasteiger partial charge on any atom is 0.122 e. The average molecular weight is 181 g/mol. The molecule has 3 heteroatoms. The Kier molecular flexibility index (Phi) is 3.48. The summed E-state index contributed by atoms with van der Waals surface area (Å²) >= 11 is 0. The van der Waals surface area contributed by atoms with Gasteiger partial charge in [-0.05, 0) is 18.8 Å². The molecule has 0 radical (unpaired) electrons. The highest BCUT2D eigenvalue weighted by atomic mass is 15.1. The van der Waals surface area contributed by atoms with Crippen LogP contribution in [0.2, 0.25) is 0 Å². The van der Waals surface area contributed by atoms with Gasteiger partial charge in [-0.2, -0.15) is 0 Å². The molecule has 0 bridgehead atoms. The number of aromatic nitrogens is 2. The molecule has 1 aromatic heterocycles. The Morgan fingerprint density at radius 1 is 1.54 bits per heavy atom. The molecule has 0 saturated heterocycles. The normalized spacial score (nSPS) is 11.2. The van der Waals surface area contributed by atoms with E-state index in [0.717, 1.165) is 23.9 Å². The monoisotopic (exact) mass is 181 g/mol. The van der Waals surface area contributed by atoms with Crippen molar-refractivity contribution in [2.75, 3.05) is 0 Å². The summed E-state index contributed by atoms with van der Waals surface area (Å²) in [6.45, 7) is 4.98. The van der Waals surface area contributed by atoms with E-state index in [4.69, 9.17) is 5.73 Å². The van der Waals surface area contributed by atoms with Gasteiger partial charge < -0.3 is 10.3 Å². The number of hydrogen-bond donors (Lipinski definition) is 1. The zero-order chi connectivity index (χ0) is 9.84. The maximum absolute atomic E-state index is 5.54. The highest BCUT2D eigenvalue weighted by molar-refractivity contribution is 5.03. The van der Waals surface area contributed by atoms with Crippen molar-refractivity contribution >= 4 is 0 Å². The van der Waals surface area contributed by atoms with Crippen molar-refractivity contribution in [3.63, 3.8) is 0 Å². The first-order valence-electron chi connectivity index (χ1n) is 4.84. The Bertz CT molecular complexity index is 263. The molecule has 13 heavy (non-hydrogen) atoms. The van der Waals surface area contributed by atoms with Gasteiger partial charge in [0.1, 0.15) is 5.82 Å². The molecule has 1 rings (SSSR count). The lowest BCUT2D eigenvalue weighted by molar-refractivity contribution is 0.582. The first kappa shape index (κ1) is 10.3. The Morgan fingerprint density at radius 3 is 2.69 bits per heavy atom. The summed E-state index contributed by atoms with van der Waals surface area (Å²) in [6.07, 6.45) is 4.33. The van der Waals surface area contributed by atoms with Crippen LogP contribution in [-0.2, 0) is 20.0 Å². The number of nitrogens with two attached hydrogens (primary N) is 1. The van der Waals surface area contributed by atoms with Crippen molar-refractivity contribution in [2.45, 2.75) is 33.2 Å². The van der Waals surface area contributed by atoms with Crippen LogP contribution in [0.25, 0.3) is 0 Å². The second-order valence-electron chi connectivity index (χ2n) is 3.90. The molecule has 0 unspecified atom stereocenters. The average Bonchev–Trinajstić information content (AvgIpc) is 2.43. The third-order valence-electron chi connectivity index (χ3n) is 2.18. The van der Waals surface area contributed by atoms with E-state index in [1.807, 2.05) is 11.6 Å². The Morgan fingerprint density at radius 2 is 2.23 bits per heavy atom. The largest absolute Gasteiger partial charge is 0.337 e. The third-order valence-corrected chi connectivity index (χ3v) is 2.18. The van der Waals surface area contributed by atoms with Gasteiger partial charge in [0.05, 0.1) is 12.2 Å². The van der Waals surface area contributed by atoms with Crippen molar-refractivity contribution in [1.29, 1.82) is 0 Å². The summed E-state index contributed by atoms with van der Waals surface area (Å²) in [5, 5.41) is 0. The minimum absolute atomic E-state index is 0.526. The second kappa shape index (κ2) is 4.42. The SMILES string of the molecule is CC(C)CCc1cn(C)c(CN)n1. The summed E-state index contributed by atoms with van der Waals surface area (Å²) in [5.41, 5.74) is 6.70. The molecule has 0 saturated carbocycles. The quantitative estimate of drug-likeness (QED) is 0.764. The molecule has 2 N–H and O–H groups in total. The molecule has 0 fully saturated rings. The van der Waals surface area contributed by atoms with Crippen molar-refractivity contribution in [3.8, 4) is 0 Å². The van der Waals surface area contributed by atoms with Crippen LogP contribution < -0.4 is 5.73 Å². The summed E-state index contributed by atoms with van der Waals surface area (Å²) in [4.78, 5) is 4.44. The minimum Gasteiger partial charge on any atom is -0.337 e.